The Bertz CT molecular complexity index is 1160. The number of aliphatic hydroxyl groups is 1. The number of pyridine rings is 1. The van der Waals surface area contributed by atoms with Gasteiger partial charge in [-0.05, 0) is 55.0 Å². The third-order valence-corrected chi connectivity index (χ3v) is 8.23. The highest BCUT2D eigenvalue weighted by Crippen LogP contribution is 2.39. The minimum atomic E-state index is -1.60. The fourth-order valence-corrected chi connectivity index (χ4v) is 6.36. The van der Waals surface area contributed by atoms with Crippen molar-refractivity contribution in [3.05, 3.63) is 53.6 Å². The summed E-state index contributed by atoms with van der Waals surface area (Å²) < 4.78 is 56.2. The smallest absolute Gasteiger partial charge is 0.150 e. The first-order valence-corrected chi connectivity index (χ1v) is 12.3. The Morgan fingerprint density at radius 1 is 1.09 bits per heavy atom. The van der Waals surface area contributed by atoms with Gasteiger partial charge in [0, 0.05) is 53.8 Å². The van der Waals surface area contributed by atoms with Crippen LogP contribution in [0.25, 0.3) is 22.2 Å². The van der Waals surface area contributed by atoms with Gasteiger partial charge in [0.15, 0.2) is 5.82 Å². The van der Waals surface area contributed by atoms with Gasteiger partial charge >= 0.3 is 0 Å². The number of H-pyrrole nitrogens is 1. The maximum atomic E-state index is 15.2. The van der Waals surface area contributed by atoms with Crippen LogP contribution < -0.4 is 0 Å². The Morgan fingerprint density at radius 2 is 1.75 bits per heavy atom. The van der Waals surface area contributed by atoms with Crippen molar-refractivity contribution in [1.29, 1.82) is 0 Å². The predicted octanol–water partition coefficient (Wildman–Crippen LogP) is 3.84. The molecule has 2 fully saturated rings. The summed E-state index contributed by atoms with van der Waals surface area (Å²) in [6.45, 7) is 1.04. The van der Waals surface area contributed by atoms with E-state index in [1.54, 1.807) is 0 Å². The van der Waals surface area contributed by atoms with E-state index in [0.29, 0.717) is 41.8 Å². The van der Waals surface area contributed by atoms with Crippen LogP contribution in [0.15, 0.2) is 30.6 Å². The molecule has 0 saturated carbocycles. The molecule has 0 amide bonds. The van der Waals surface area contributed by atoms with Gasteiger partial charge in [-0.15, -0.1) is 0 Å². The van der Waals surface area contributed by atoms with Gasteiger partial charge in [0.1, 0.15) is 17.3 Å². The Hall–Kier alpha value is -2.23. The SMILES string of the molecule is O=S1CCC(N2CCC(O)(c3c(F)cc(-c4ccnc5[nH]cc(F)c45)cc3F)CC2)CC1. The Morgan fingerprint density at radius 3 is 2.41 bits per heavy atom. The molecule has 3 aromatic rings. The summed E-state index contributed by atoms with van der Waals surface area (Å²) in [4.78, 5) is 8.97. The van der Waals surface area contributed by atoms with Crippen molar-refractivity contribution >= 4 is 21.8 Å². The lowest BCUT2D eigenvalue weighted by Gasteiger charge is -2.43. The number of aromatic nitrogens is 2. The molecule has 2 N–H and O–H groups in total. The van der Waals surface area contributed by atoms with Gasteiger partial charge in [-0.25, -0.2) is 18.2 Å². The second kappa shape index (κ2) is 8.28. The lowest BCUT2D eigenvalue weighted by atomic mass is 9.82. The Balaban J connectivity index is 1.41. The monoisotopic (exact) mass is 463 g/mol. The molecule has 170 valence electrons. The molecule has 5 rings (SSSR count). The third-order valence-electron chi connectivity index (χ3n) is 6.84. The van der Waals surface area contributed by atoms with E-state index in [1.807, 2.05) is 0 Å². The van der Waals surface area contributed by atoms with Gasteiger partial charge in [-0.1, -0.05) is 0 Å². The second-order valence-corrected chi connectivity index (χ2v) is 10.4. The van der Waals surface area contributed by atoms with Gasteiger partial charge in [-0.2, -0.15) is 0 Å². The van der Waals surface area contributed by atoms with Gasteiger partial charge in [-0.3, -0.25) is 4.21 Å². The molecule has 2 saturated heterocycles. The van der Waals surface area contributed by atoms with Gasteiger partial charge in [0.25, 0.3) is 0 Å². The molecule has 0 atom stereocenters. The van der Waals surface area contributed by atoms with Gasteiger partial charge in [0.2, 0.25) is 0 Å². The maximum absolute atomic E-state index is 15.2. The van der Waals surface area contributed by atoms with E-state index >= 15 is 8.78 Å². The summed E-state index contributed by atoms with van der Waals surface area (Å²) in [7, 11) is -0.747. The molecule has 1 aromatic carbocycles. The minimum absolute atomic E-state index is 0.166. The highest BCUT2D eigenvalue weighted by atomic mass is 32.2. The van der Waals surface area contributed by atoms with Crippen LogP contribution in [0, 0.1) is 17.5 Å². The third kappa shape index (κ3) is 3.76. The molecule has 2 aromatic heterocycles. The van der Waals surface area contributed by atoms with Crippen LogP contribution in [0.1, 0.15) is 31.2 Å². The number of aromatic amines is 1. The quantitative estimate of drug-likeness (QED) is 0.619. The first-order valence-electron chi connectivity index (χ1n) is 10.8. The van der Waals surface area contributed by atoms with E-state index in [-0.39, 0.29) is 29.4 Å². The largest absolute Gasteiger partial charge is 0.385 e. The number of benzene rings is 1. The number of fused-ring (bicyclic) bond motifs is 1. The van der Waals surface area contributed by atoms with Gasteiger partial charge < -0.3 is 15.0 Å². The van der Waals surface area contributed by atoms with Crippen molar-refractivity contribution in [3.63, 3.8) is 0 Å². The number of nitrogens with one attached hydrogen (secondary N) is 1. The van der Waals surface area contributed by atoms with E-state index in [1.165, 1.54) is 12.3 Å². The lowest BCUT2D eigenvalue weighted by Crippen LogP contribution is -2.49. The molecule has 5 nitrogen and oxygen atoms in total. The predicted molar refractivity (Wildman–Crippen MR) is 117 cm³/mol. The second-order valence-electron chi connectivity index (χ2n) is 8.68. The van der Waals surface area contributed by atoms with Crippen molar-refractivity contribution in [2.45, 2.75) is 37.3 Å². The number of halogens is 3. The topological polar surface area (TPSA) is 69.2 Å². The van der Waals surface area contributed by atoms with Crippen LogP contribution in [0.3, 0.4) is 0 Å². The molecular weight excluding hydrogens is 439 g/mol. The number of likely N-dealkylation sites (tertiary alicyclic amines) is 1. The maximum Gasteiger partial charge on any atom is 0.150 e. The van der Waals surface area contributed by atoms with Crippen molar-refractivity contribution in [2.24, 2.45) is 0 Å². The number of hydrogen-bond acceptors (Lipinski definition) is 4. The molecule has 0 bridgehead atoms. The molecule has 0 aliphatic carbocycles. The average Bonchev–Trinajstić information content (AvgIpc) is 3.15. The standard InChI is InChI=1S/C23H24F3N3O2S/c24-17-11-14(16-1-6-27-22-20(16)19(26)13-28-22)12-18(25)21(17)23(30)4-7-29(8-5-23)15-2-9-32(31)10-3-15/h1,6,11-13,15,30H,2-5,7-10H2,(H,27,28). The number of nitrogens with zero attached hydrogens (tertiary/aromatic N) is 2. The normalized spacial score (nSPS) is 24.1. The number of hydrogen-bond donors (Lipinski definition) is 2. The molecule has 2 aliphatic heterocycles. The average molecular weight is 464 g/mol. The molecule has 9 heteroatoms. The molecular formula is C23H24F3N3O2S. The van der Waals surface area contributed by atoms with Crippen LogP contribution >= 0.6 is 0 Å². The van der Waals surface area contributed by atoms with E-state index in [2.05, 4.69) is 14.9 Å². The van der Waals surface area contributed by atoms with Crippen LogP contribution in [0.4, 0.5) is 13.2 Å². The fraction of sp³-hybridized carbons (Fsp3) is 0.435. The zero-order chi connectivity index (χ0) is 22.5. The van der Waals surface area contributed by atoms with Crippen LogP contribution in [-0.4, -0.2) is 54.8 Å². The summed E-state index contributed by atoms with van der Waals surface area (Å²) >= 11 is 0. The summed E-state index contributed by atoms with van der Waals surface area (Å²) in [5, 5.41) is 11.3. The Kier molecular flexibility index (Phi) is 5.59. The van der Waals surface area contributed by atoms with E-state index in [9.17, 15) is 13.7 Å². The zero-order valence-electron chi connectivity index (χ0n) is 17.4. The summed E-state index contributed by atoms with van der Waals surface area (Å²) in [6.07, 6.45) is 4.72. The van der Waals surface area contributed by atoms with Gasteiger partial charge in [0.05, 0.1) is 16.6 Å². The van der Waals surface area contributed by atoms with Crippen LogP contribution in [-0.2, 0) is 16.4 Å². The molecule has 0 spiro atoms. The molecule has 4 heterocycles. The van der Waals surface area contributed by atoms with E-state index < -0.39 is 33.9 Å². The first-order chi connectivity index (χ1) is 15.4. The molecule has 0 radical (unpaired) electrons. The van der Waals surface area contributed by atoms with E-state index in [4.69, 9.17) is 0 Å². The summed E-state index contributed by atoms with van der Waals surface area (Å²) in [6, 6.07) is 4.12. The van der Waals surface area contributed by atoms with Crippen molar-refractivity contribution < 1.29 is 22.5 Å². The lowest BCUT2D eigenvalue weighted by molar-refractivity contribution is -0.0412. The molecule has 0 unspecified atom stereocenters. The van der Waals surface area contributed by atoms with Crippen molar-refractivity contribution in [2.75, 3.05) is 24.6 Å². The summed E-state index contributed by atoms with van der Waals surface area (Å²) in [5.74, 6) is -0.874. The number of piperidine rings is 1. The number of rotatable bonds is 3. The van der Waals surface area contributed by atoms with E-state index in [0.717, 1.165) is 31.2 Å². The Labute approximate surface area is 186 Å². The zero-order valence-corrected chi connectivity index (χ0v) is 18.2. The minimum Gasteiger partial charge on any atom is -0.385 e. The highest BCUT2D eigenvalue weighted by Gasteiger charge is 2.40. The van der Waals surface area contributed by atoms with Crippen molar-refractivity contribution in [1.82, 2.24) is 14.9 Å². The highest BCUT2D eigenvalue weighted by molar-refractivity contribution is 7.85. The van der Waals surface area contributed by atoms with Crippen molar-refractivity contribution in [3.8, 4) is 11.1 Å². The van der Waals surface area contributed by atoms with Crippen LogP contribution in [0.2, 0.25) is 0 Å². The summed E-state index contributed by atoms with van der Waals surface area (Å²) in [5.41, 5.74) is -1.12. The molecule has 2 aliphatic rings. The first kappa shape index (κ1) is 21.6. The fourth-order valence-electron chi connectivity index (χ4n) is 5.09. The molecule has 32 heavy (non-hydrogen) atoms. The van der Waals surface area contributed by atoms with Crippen LogP contribution in [0.5, 0.6) is 0 Å².